The monoisotopic (exact) mass is 464 g/mol. The Labute approximate surface area is 201 Å². The zero-order valence-electron chi connectivity index (χ0n) is 19.5. The third kappa shape index (κ3) is 3.43. The van der Waals surface area contributed by atoms with Crippen LogP contribution in [0.15, 0.2) is 84.0 Å². The topological polar surface area (TPSA) is 71.0 Å². The molecule has 6 rings (SSSR count). The molecule has 0 saturated carbocycles. The Morgan fingerprint density at radius 2 is 1.77 bits per heavy atom. The molecule has 0 radical (unpaired) electrons. The second-order valence-electron chi connectivity index (χ2n) is 8.97. The Kier molecular flexibility index (Phi) is 5.00. The van der Waals surface area contributed by atoms with Crippen LogP contribution < -0.4 is 5.56 Å². The maximum absolute atomic E-state index is 13.6. The predicted molar refractivity (Wildman–Crippen MR) is 134 cm³/mol. The number of fused-ring (bicyclic) bond motifs is 1. The number of nitrogens with zero attached hydrogens (tertiary/aromatic N) is 4. The first-order chi connectivity index (χ1) is 17.0. The van der Waals surface area contributed by atoms with Crippen LogP contribution >= 0.6 is 0 Å². The molecule has 4 heterocycles. The van der Waals surface area contributed by atoms with E-state index in [0.717, 1.165) is 22.5 Å². The number of para-hydroxylation sites is 1. The van der Waals surface area contributed by atoms with E-state index in [1.807, 2.05) is 77.1 Å². The summed E-state index contributed by atoms with van der Waals surface area (Å²) in [5, 5.41) is 5.19. The number of rotatable bonds is 5. The summed E-state index contributed by atoms with van der Waals surface area (Å²) in [4.78, 5) is 27.1. The van der Waals surface area contributed by atoms with Crippen molar-refractivity contribution in [2.45, 2.75) is 13.0 Å². The molecular formula is C28H24N4O3. The van der Waals surface area contributed by atoms with Gasteiger partial charge in [-0.3, -0.25) is 14.3 Å². The number of ether oxygens (including phenoxy) is 1. The van der Waals surface area contributed by atoms with Crippen LogP contribution in [-0.2, 0) is 11.8 Å². The van der Waals surface area contributed by atoms with Crippen molar-refractivity contribution in [3.05, 3.63) is 106 Å². The fourth-order valence-corrected chi connectivity index (χ4v) is 4.66. The van der Waals surface area contributed by atoms with Gasteiger partial charge < -0.3 is 13.9 Å². The van der Waals surface area contributed by atoms with Crippen LogP contribution in [-0.4, -0.2) is 37.9 Å². The highest BCUT2D eigenvalue weighted by molar-refractivity contribution is 6.16. The fourth-order valence-electron chi connectivity index (χ4n) is 4.66. The summed E-state index contributed by atoms with van der Waals surface area (Å²) in [6.45, 7) is 3.29. The van der Waals surface area contributed by atoms with Crippen molar-refractivity contribution >= 4 is 16.7 Å². The standard InChI is InChI=1S/C28H24N4O3/c1-18-8-6-7-11-24(18)32-25(20-13-29-31(14-20)21-16-35-17-21)12-22-23(15-30(2)28(34)26(22)32)27(33)19-9-4-3-5-10-19/h3-15,21H,16-17H2,1-2H3. The minimum Gasteiger partial charge on any atom is -0.377 e. The van der Waals surface area contributed by atoms with Gasteiger partial charge in [0.1, 0.15) is 5.52 Å². The van der Waals surface area contributed by atoms with E-state index in [4.69, 9.17) is 4.74 Å². The van der Waals surface area contributed by atoms with Crippen LogP contribution in [0.3, 0.4) is 0 Å². The van der Waals surface area contributed by atoms with Gasteiger partial charge in [-0.05, 0) is 24.6 Å². The SMILES string of the molecule is Cc1ccccc1-n1c(-c2cnn(C3COC3)c2)cc2c(C(=O)c3ccccc3)cn(C)c(=O)c21. The highest BCUT2D eigenvalue weighted by Gasteiger charge is 2.25. The molecule has 0 amide bonds. The molecule has 1 saturated heterocycles. The lowest BCUT2D eigenvalue weighted by molar-refractivity contribution is -0.0286. The van der Waals surface area contributed by atoms with Crippen LogP contribution in [0, 0.1) is 6.92 Å². The van der Waals surface area contributed by atoms with Crippen LogP contribution in [0.1, 0.15) is 27.5 Å². The summed E-state index contributed by atoms with van der Waals surface area (Å²) >= 11 is 0. The second-order valence-corrected chi connectivity index (χ2v) is 8.97. The van der Waals surface area contributed by atoms with Gasteiger partial charge >= 0.3 is 0 Å². The molecule has 2 aromatic carbocycles. The van der Waals surface area contributed by atoms with Crippen LogP contribution in [0.2, 0.25) is 0 Å². The molecule has 174 valence electrons. The first-order valence-corrected chi connectivity index (χ1v) is 11.6. The maximum atomic E-state index is 13.6. The lowest BCUT2D eigenvalue weighted by Gasteiger charge is -2.25. The van der Waals surface area contributed by atoms with E-state index in [2.05, 4.69) is 5.10 Å². The van der Waals surface area contributed by atoms with E-state index in [9.17, 15) is 9.59 Å². The van der Waals surface area contributed by atoms with Crippen LogP contribution in [0.25, 0.3) is 27.8 Å². The summed E-state index contributed by atoms with van der Waals surface area (Å²) in [6.07, 6.45) is 5.44. The lowest BCUT2D eigenvalue weighted by atomic mass is 10.0. The summed E-state index contributed by atoms with van der Waals surface area (Å²) in [7, 11) is 1.69. The number of benzene rings is 2. The first kappa shape index (κ1) is 21.3. The largest absolute Gasteiger partial charge is 0.377 e. The Bertz CT molecular complexity index is 1640. The number of carbonyl (C=O) groups is 1. The Morgan fingerprint density at radius 1 is 1.03 bits per heavy atom. The molecule has 5 aromatic rings. The minimum absolute atomic E-state index is 0.123. The van der Waals surface area contributed by atoms with Gasteiger partial charge in [0, 0.05) is 47.2 Å². The molecule has 0 N–H and O–H groups in total. The maximum Gasteiger partial charge on any atom is 0.275 e. The quantitative estimate of drug-likeness (QED) is 0.364. The van der Waals surface area contributed by atoms with E-state index in [-0.39, 0.29) is 17.4 Å². The van der Waals surface area contributed by atoms with Gasteiger partial charge in [0.05, 0.1) is 31.1 Å². The van der Waals surface area contributed by atoms with Crippen molar-refractivity contribution in [1.82, 2.24) is 18.9 Å². The van der Waals surface area contributed by atoms with Gasteiger partial charge in [0.15, 0.2) is 5.78 Å². The van der Waals surface area contributed by atoms with Crippen LogP contribution in [0.5, 0.6) is 0 Å². The van der Waals surface area contributed by atoms with Gasteiger partial charge in [-0.1, -0.05) is 48.5 Å². The van der Waals surface area contributed by atoms with Crippen molar-refractivity contribution < 1.29 is 9.53 Å². The number of ketones is 1. The van der Waals surface area contributed by atoms with Crippen molar-refractivity contribution in [2.75, 3.05) is 13.2 Å². The molecule has 7 heteroatoms. The predicted octanol–water partition coefficient (Wildman–Crippen LogP) is 4.30. The molecule has 1 aliphatic rings. The molecule has 0 spiro atoms. The molecular weight excluding hydrogens is 440 g/mol. The van der Waals surface area contributed by atoms with Crippen molar-refractivity contribution in [2.24, 2.45) is 7.05 Å². The molecule has 3 aromatic heterocycles. The van der Waals surface area contributed by atoms with Gasteiger partial charge in [-0.2, -0.15) is 5.10 Å². The third-order valence-corrected chi connectivity index (χ3v) is 6.67. The van der Waals surface area contributed by atoms with Gasteiger partial charge in [-0.15, -0.1) is 0 Å². The van der Waals surface area contributed by atoms with Crippen molar-refractivity contribution in [3.63, 3.8) is 0 Å². The summed E-state index contributed by atoms with van der Waals surface area (Å²) in [5.41, 5.74) is 4.96. The number of carbonyl (C=O) groups excluding carboxylic acids is 1. The lowest BCUT2D eigenvalue weighted by Crippen LogP contribution is -2.30. The van der Waals surface area contributed by atoms with E-state index < -0.39 is 0 Å². The molecule has 1 fully saturated rings. The zero-order valence-corrected chi connectivity index (χ0v) is 19.5. The van der Waals surface area contributed by atoms with Crippen LogP contribution in [0.4, 0.5) is 0 Å². The molecule has 0 bridgehead atoms. The minimum atomic E-state index is -0.168. The summed E-state index contributed by atoms with van der Waals surface area (Å²) < 4.78 is 10.7. The average molecular weight is 465 g/mol. The van der Waals surface area contributed by atoms with E-state index >= 15 is 0 Å². The van der Waals surface area contributed by atoms with Crippen molar-refractivity contribution in [3.8, 4) is 16.9 Å². The van der Waals surface area contributed by atoms with Gasteiger partial charge in [-0.25, -0.2) is 0 Å². The number of pyridine rings is 1. The zero-order chi connectivity index (χ0) is 24.1. The van der Waals surface area contributed by atoms with E-state index in [0.29, 0.717) is 35.2 Å². The Balaban J connectivity index is 1.66. The molecule has 0 atom stereocenters. The van der Waals surface area contributed by atoms with Gasteiger partial charge in [0.2, 0.25) is 0 Å². The van der Waals surface area contributed by atoms with Crippen molar-refractivity contribution in [1.29, 1.82) is 0 Å². The molecule has 0 unspecified atom stereocenters. The Morgan fingerprint density at radius 3 is 2.49 bits per heavy atom. The number of aromatic nitrogens is 4. The number of hydrogen-bond donors (Lipinski definition) is 0. The molecule has 7 nitrogen and oxygen atoms in total. The Hall–Kier alpha value is -4.23. The average Bonchev–Trinajstić information content (AvgIpc) is 3.46. The second kappa shape index (κ2) is 8.21. The van der Waals surface area contributed by atoms with Gasteiger partial charge in [0.25, 0.3) is 5.56 Å². The molecule has 1 aliphatic heterocycles. The first-order valence-electron chi connectivity index (χ1n) is 11.6. The van der Waals surface area contributed by atoms with E-state index in [1.165, 1.54) is 4.57 Å². The number of hydrogen-bond acceptors (Lipinski definition) is 4. The molecule has 35 heavy (non-hydrogen) atoms. The number of aryl methyl sites for hydroxylation is 2. The highest BCUT2D eigenvalue weighted by atomic mass is 16.5. The smallest absolute Gasteiger partial charge is 0.275 e. The molecule has 0 aliphatic carbocycles. The van der Waals surface area contributed by atoms with E-state index in [1.54, 1.807) is 25.4 Å². The fraction of sp³-hybridized carbons (Fsp3) is 0.179. The summed E-state index contributed by atoms with van der Waals surface area (Å²) in [5.74, 6) is -0.123. The third-order valence-electron chi connectivity index (χ3n) is 6.67. The normalized spacial score (nSPS) is 13.8. The highest BCUT2D eigenvalue weighted by Crippen LogP contribution is 2.34. The summed E-state index contributed by atoms with van der Waals surface area (Å²) in [6, 6.07) is 19.2.